The molecule has 0 radical (unpaired) electrons. The van der Waals surface area contributed by atoms with Gasteiger partial charge in [-0.25, -0.2) is 21.6 Å². The minimum absolute atomic E-state index is 0.0293. The Balaban J connectivity index is 1.90. The summed E-state index contributed by atoms with van der Waals surface area (Å²) in [6, 6.07) is 0. The second-order valence-electron chi connectivity index (χ2n) is 4.55. The average Bonchev–Trinajstić information content (AvgIpc) is 2.84. The van der Waals surface area contributed by atoms with Gasteiger partial charge in [0.1, 0.15) is 0 Å². The molecule has 2 rings (SSSR count). The Morgan fingerprint density at radius 1 is 1.29 bits per heavy atom. The zero-order chi connectivity index (χ0) is 12.5. The topological polar surface area (TPSA) is 89.5 Å². The Morgan fingerprint density at radius 2 is 2.06 bits per heavy atom. The molecule has 0 aromatic heterocycles. The van der Waals surface area contributed by atoms with Crippen LogP contribution in [0.3, 0.4) is 0 Å². The van der Waals surface area contributed by atoms with Crippen molar-refractivity contribution >= 4 is 19.9 Å². The van der Waals surface area contributed by atoms with Gasteiger partial charge in [0.05, 0.1) is 22.9 Å². The van der Waals surface area contributed by atoms with E-state index in [2.05, 4.69) is 4.72 Å². The summed E-state index contributed by atoms with van der Waals surface area (Å²) in [6.45, 7) is 0.920. The lowest BCUT2D eigenvalue weighted by Crippen LogP contribution is -2.39. The number of hydrogen-bond acceptors (Lipinski definition) is 5. The first-order valence-corrected chi connectivity index (χ1v) is 9.06. The molecule has 0 aromatic rings. The van der Waals surface area contributed by atoms with Gasteiger partial charge in [0.25, 0.3) is 0 Å². The highest BCUT2D eigenvalue weighted by atomic mass is 32.2. The van der Waals surface area contributed by atoms with E-state index < -0.39 is 25.1 Å². The molecule has 2 heterocycles. The molecule has 0 aliphatic carbocycles. The summed E-state index contributed by atoms with van der Waals surface area (Å²) < 4.78 is 53.9. The summed E-state index contributed by atoms with van der Waals surface area (Å²) in [5, 5.41) is -0.797. The molecule has 2 atom stereocenters. The van der Waals surface area contributed by atoms with Gasteiger partial charge in [-0.2, -0.15) is 0 Å². The Bertz CT molecular complexity index is 464. The van der Waals surface area contributed by atoms with Gasteiger partial charge in [0, 0.05) is 13.2 Å². The third-order valence-corrected chi connectivity index (χ3v) is 6.99. The minimum Gasteiger partial charge on any atom is -0.377 e. The highest BCUT2D eigenvalue weighted by molar-refractivity contribution is 7.95. The van der Waals surface area contributed by atoms with Gasteiger partial charge in [-0.15, -0.1) is 0 Å². The fraction of sp³-hybridized carbons (Fsp3) is 1.00. The zero-order valence-corrected chi connectivity index (χ0v) is 11.1. The Hall–Kier alpha value is -0.180. The fourth-order valence-electron chi connectivity index (χ4n) is 2.14. The van der Waals surface area contributed by atoms with Crippen molar-refractivity contribution in [2.45, 2.75) is 30.6 Å². The molecule has 2 aliphatic rings. The van der Waals surface area contributed by atoms with Crippen molar-refractivity contribution in [1.82, 2.24) is 4.72 Å². The van der Waals surface area contributed by atoms with Gasteiger partial charge in [-0.1, -0.05) is 0 Å². The monoisotopic (exact) mass is 283 g/mol. The number of sulfone groups is 1. The third-order valence-electron chi connectivity index (χ3n) is 3.17. The lowest BCUT2D eigenvalue weighted by atomic mass is 10.2. The van der Waals surface area contributed by atoms with Crippen LogP contribution in [0.25, 0.3) is 0 Å². The van der Waals surface area contributed by atoms with E-state index in [4.69, 9.17) is 4.74 Å². The van der Waals surface area contributed by atoms with E-state index in [-0.39, 0.29) is 30.6 Å². The maximum Gasteiger partial charge on any atom is 0.215 e. The van der Waals surface area contributed by atoms with Crippen molar-refractivity contribution in [3.63, 3.8) is 0 Å². The zero-order valence-electron chi connectivity index (χ0n) is 9.46. The number of ether oxygens (including phenoxy) is 1. The molecule has 0 amide bonds. The molecule has 0 aromatic carbocycles. The quantitative estimate of drug-likeness (QED) is 0.735. The van der Waals surface area contributed by atoms with Gasteiger partial charge in [-0.3, -0.25) is 0 Å². The van der Waals surface area contributed by atoms with Crippen molar-refractivity contribution in [2.75, 3.05) is 24.7 Å². The highest BCUT2D eigenvalue weighted by Gasteiger charge is 2.37. The summed E-state index contributed by atoms with van der Waals surface area (Å²) in [7, 11) is -6.69. The van der Waals surface area contributed by atoms with Crippen LogP contribution in [0.4, 0.5) is 0 Å². The minimum atomic E-state index is -3.53. The third kappa shape index (κ3) is 3.40. The van der Waals surface area contributed by atoms with Gasteiger partial charge in [0.15, 0.2) is 9.84 Å². The van der Waals surface area contributed by atoms with E-state index in [0.29, 0.717) is 6.61 Å². The van der Waals surface area contributed by atoms with Gasteiger partial charge in [-0.05, 0) is 19.3 Å². The summed E-state index contributed by atoms with van der Waals surface area (Å²) >= 11 is 0. The van der Waals surface area contributed by atoms with E-state index in [1.54, 1.807) is 0 Å². The summed E-state index contributed by atoms with van der Waals surface area (Å²) in [5.41, 5.74) is 0. The van der Waals surface area contributed by atoms with E-state index in [1.807, 2.05) is 0 Å². The van der Waals surface area contributed by atoms with Crippen LogP contribution in [-0.4, -0.2) is 52.8 Å². The van der Waals surface area contributed by atoms with E-state index in [9.17, 15) is 16.8 Å². The van der Waals surface area contributed by atoms with Crippen LogP contribution >= 0.6 is 0 Å². The molecule has 0 bridgehead atoms. The van der Waals surface area contributed by atoms with E-state index >= 15 is 0 Å². The molecule has 0 spiro atoms. The maximum atomic E-state index is 11.8. The van der Waals surface area contributed by atoms with Gasteiger partial charge in [0.2, 0.25) is 10.0 Å². The van der Waals surface area contributed by atoms with E-state index in [1.165, 1.54) is 0 Å². The van der Waals surface area contributed by atoms with Crippen molar-refractivity contribution < 1.29 is 21.6 Å². The van der Waals surface area contributed by atoms with Gasteiger partial charge < -0.3 is 4.74 Å². The second-order valence-corrected chi connectivity index (χ2v) is 8.83. The standard InChI is InChI=1S/C9H17NO5S2/c11-16(12)5-3-9(7-16)17(13,14)10-6-8-2-1-4-15-8/h8-10H,1-7H2. The summed E-state index contributed by atoms with van der Waals surface area (Å²) in [4.78, 5) is 0. The lowest BCUT2D eigenvalue weighted by molar-refractivity contribution is 0.114. The molecule has 2 saturated heterocycles. The maximum absolute atomic E-state index is 11.8. The van der Waals surface area contributed by atoms with Crippen LogP contribution in [0.1, 0.15) is 19.3 Å². The molecule has 8 heteroatoms. The molecule has 6 nitrogen and oxygen atoms in total. The average molecular weight is 283 g/mol. The molecular formula is C9H17NO5S2. The normalized spacial score (nSPS) is 32.9. The molecule has 2 fully saturated rings. The second kappa shape index (κ2) is 4.83. The summed E-state index contributed by atoms with van der Waals surface area (Å²) in [6.07, 6.45) is 1.93. The lowest BCUT2D eigenvalue weighted by Gasteiger charge is -2.14. The first-order chi connectivity index (χ1) is 7.89. The number of rotatable bonds is 4. The van der Waals surface area contributed by atoms with Crippen molar-refractivity contribution in [1.29, 1.82) is 0 Å². The van der Waals surface area contributed by atoms with Crippen molar-refractivity contribution in [2.24, 2.45) is 0 Å². The van der Waals surface area contributed by atoms with Crippen molar-refractivity contribution in [3.8, 4) is 0 Å². The highest BCUT2D eigenvalue weighted by Crippen LogP contribution is 2.18. The molecular weight excluding hydrogens is 266 g/mol. The SMILES string of the molecule is O=S1(=O)CCC(S(=O)(=O)NCC2CCCO2)C1. The molecule has 100 valence electrons. The van der Waals surface area contributed by atoms with Crippen LogP contribution in [0.5, 0.6) is 0 Å². The molecule has 1 N–H and O–H groups in total. The number of hydrogen-bond donors (Lipinski definition) is 1. The first-order valence-electron chi connectivity index (χ1n) is 5.69. The molecule has 2 unspecified atom stereocenters. The van der Waals surface area contributed by atoms with Crippen LogP contribution in [0.2, 0.25) is 0 Å². The van der Waals surface area contributed by atoms with Crippen LogP contribution in [0, 0.1) is 0 Å². The Morgan fingerprint density at radius 3 is 2.59 bits per heavy atom. The molecule has 2 aliphatic heterocycles. The van der Waals surface area contributed by atoms with E-state index in [0.717, 1.165) is 12.8 Å². The first kappa shape index (κ1) is 13.3. The summed E-state index contributed by atoms with van der Waals surface area (Å²) in [5.74, 6) is -0.285. The Labute approximate surface area is 102 Å². The smallest absolute Gasteiger partial charge is 0.215 e. The van der Waals surface area contributed by atoms with Crippen LogP contribution in [0.15, 0.2) is 0 Å². The van der Waals surface area contributed by atoms with Gasteiger partial charge >= 0.3 is 0 Å². The number of nitrogens with one attached hydrogen (secondary N) is 1. The predicted molar refractivity (Wildman–Crippen MR) is 63.0 cm³/mol. The Kier molecular flexibility index (Phi) is 3.77. The van der Waals surface area contributed by atoms with Crippen LogP contribution < -0.4 is 4.72 Å². The fourth-order valence-corrected chi connectivity index (χ4v) is 6.25. The number of sulfonamides is 1. The van der Waals surface area contributed by atoms with Crippen molar-refractivity contribution in [3.05, 3.63) is 0 Å². The molecule has 17 heavy (non-hydrogen) atoms. The largest absolute Gasteiger partial charge is 0.377 e. The predicted octanol–water partition coefficient (Wildman–Crippen LogP) is -0.728. The van der Waals surface area contributed by atoms with Crippen LogP contribution in [-0.2, 0) is 24.6 Å². The molecule has 0 saturated carbocycles.